The summed E-state index contributed by atoms with van der Waals surface area (Å²) in [4.78, 5) is 6.32. The molecule has 2 heterocycles. The molecule has 0 radical (unpaired) electrons. The van der Waals surface area contributed by atoms with Gasteiger partial charge in [-0.1, -0.05) is 52.4 Å². The second-order valence-corrected chi connectivity index (χ2v) is 11.0. The molecule has 0 unspecified atom stereocenters. The molecule has 0 aliphatic rings. The number of thiophene rings is 1. The van der Waals surface area contributed by atoms with Gasteiger partial charge in [0.05, 0.1) is 18.1 Å². The van der Waals surface area contributed by atoms with Gasteiger partial charge in [-0.05, 0) is 69.2 Å². The maximum Gasteiger partial charge on any atom is 0.135 e. The predicted octanol–water partition coefficient (Wildman–Crippen LogP) is 8.64. The molecular weight excluding hydrogens is 466 g/mol. The molecule has 0 bridgehead atoms. The van der Waals surface area contributed by atoms with E-state index in [1.54, 1.807) is 11.3 Å². The fourth-order valence-corrected chi connectivity index (χ4v) is 6.20. The van der Waals surface area contributed by atoms with E-state index >= 15 is 0 Å². The lowest BCUT2D eigenvalue weighted by Crippen LogP contribution is -1.89. The summed E-state index contributed by atoms with van der Waals surface area (Å²) in [6.45, 7) is 4.52. The van der Waals surface area contributed by atoms with Crippen LogP contribution in [0.25, 0.3) is 9.88 Å². The number of nitrogens with zero attached hydrogens (tertiary/aromatic N) is 1. The van der Waals surface area contributed by atoms with Crippen LogP contribution in [0.1, 0.15) is 76.5 Å². The highest BCUT2D eigenvalue weighted by atomic mass is 79.9. The smallest absolute Gasteiger partial charge is 0.135 e. The van der Waals surface area contributed by atoms with Crippen LogP contribution in [0.2, 0.25) is 0 Å². The molecule has 0 saturated carbocycles. The molecule has 0 fully saturated rings. The van der Waals surface area contributed by atoms with Crippen molar-refractivity contribution in [2.45, 2.75) is 78.1 Å². The third kappa shape index (κ3) is 6.22. The lowest BCUT2D eigenvalue weighted by molar-refractivity contribution is 0.661. The summed E-state index contributed by atoms with van der Waals surface area (Å²) in [6, 6.07) is 2.29. The Morgan fingerprint density at radius 3 is 2.21 bits per heavy atom. The third-order valence-electron chi connectivity index (χ3n) is 4.19. The van der Waals surface area contributed by atoms with Gasteiger partial charge >= 0.3 is 0 Å². The maximum atomic E-state index is 4.96. The molecule has 0 aliphatic heterocycles. The molecule has 1 nitrogen and oxygen atoms in total. The lowest BCUT2D eigenvalue weighted by atomic mass is 10.1. The average molecular weight is 493 g/mol. The van der Waals surface area contributed by atoms with Gasteiger partial charge < -0.3 is 0 Å². The standard InChI is InChI=1S/C19H27Br2NS2/c1-3-5-7-9-11-14-13-16(20)23-17(14)19-22-15(18(21)24-19)12-10-8-6-4-2/h13H,3-12H2,1-2H3. The normalized spacial score (nSPS) is 11.3. The van der Waals surface area contributed by atoms with Crippen molar-refractivity contribution in [1.82, 2.24) is 4.98 Å². The summed E-state index contributed by atoms with van der Waals surface area (Å²) in [7, 11) is 0. The van der Waals surface area contributed by atoms with Crippen molar-refractivity contribution in [1.29, 1.82) is 0 Å². The highest BCUT2D eigenvalue weighted by Gasteiger charge is 2.16. The zero-order chi connectivity index (χ0) is 17.4. The molecule has 2 aromatic rings. The molecule has 0 saturated heterocycles. The molecule has 5 heteroatoms. The minimum atomic E-state index is 1.09. The predicted molar refractivity (Wildman–Crippen MR) is 117 cm³/mol. The molecule has 0 N–H and O–H groups in total. The summed E-state index contributed by atoms with van der Waals surface area (Å²) in [5.74, 6) is 0. The fraction of sp³-hybridized carbons (Fsp3) is 0.632. The quantitative estimate of drug-likeness (QED) is 0.286. The van der Waals surface area contributed by atoms with Crippen LogP contribution in [-0.2, 0) is 12.8 Å². The molecule has 0 amide bonds. The van der Waals surface area contributed by atoms with Crippen LogP contribution in [0, 0.1) is 0 Å². The Labute approximate surface area is 171 Å². The van der Waals surface area contributed by atoms with E-state index in [1.807, 2.05) is 11.3 Å². The second-order valence-electron chi connectivity index (χ2n) is 6.27. The summed E-state index contributed by atoms with van der Waals surface area (Å²) in [5.41, 5.74) is 2.70. The Bertz CT molecular complexity index is 619. The summed E-state index contributed by atoms with van der Waals surface area (Å²) in [6.07, 6.45) is 12.7. The van der Waals surface area contributed by atoms with Crippen molar-refractivity contribution in [3.8, 4) is 9.88 Å². The van der Waals surface area contributed by atoms with E-state index in [2.05, 4.69) is 51.8 Å². The van der Waals surface area contributed by atoms with Crippen LogP contribution in [0.3, 0.4) is 0 Å². The summed E-state index contributed by atoms with van der Waals surface area (Å²) in [5, 5.41) is 1.19. The number of aryl methyl sites for hydroxylation is 2. The second kappa shape index (κ2) is 11.1. The fourth-order valence-electron chi connectivity index (χ4n) is 2.81. The monoisotopic (exact) mass is 491 g/mol. The van der Waals surface area contributed by atoms with Gasteiger partial charge in [0.1, 0.15) is 5.01 Å². The number of thiazole rings is 1. The minimum absolute atomic E-state index is 1.09. The van der Waals surface area contributed by atoms with Crippen LogP contribution >= 0.6 is 54.5 Å². The highest BCUT2D eigenvalue weighted by Crippen LogP contribution is 2.41. The lowest BCUT2D eigenvalue weighted by Gasteiger charge is -2.01. The van der Waals surface area contributed by atoms with Crippen LogP contribution in [0.5, 0.6) is 0 Å². The molecule has 0 aromatic carbocycles. The van der Waals surface area contributed by atoms with Crippen LogP contribution in [0.4, 0.5) is 0 Å². The van der Waals surface area contributed by atoms with Crippen molar-refractivity contribution >= 4 is 54.5 Å². The van der Waals surface area contributed by atoms with Gasteiger partial charge in [-0.15, -0.1) is 22.7 Å². The van der Waals surface area contributed by atoms with E-state index in [0.717, 1.165) is 6.42 Å². The van der Waals surface area contributed by atoms with Crippen LogP contribution in [-0.4, -0.2) is 4.98 Å². The van der Waals surface area contributed by atoms with E-state index in [4.69, 9.17) is 4.98 Å². The van der Waals surface area contributed by atoms with E-state index in [9.17, 15) is 0 Å². The Morgan fingerprint density at radius 1 is 0.875 bits per heavy atom. The van der Waals surface area contributed by atoms with Gasteiger partial charge in [-0.2, -0.15) is 0 Å². The molecule has 134 valence electrons. The molecule has 0 spiro atoms. The molecule has 2 aromatic heterocycles. The molecule has 0 atom stereocenters. The van der Waals surface area contributed by atoms with Crippen molar-refractivity contribution < 1.29 is 0 Å². The van der Waals surface area contributed by atoms with Crippen LogP contribution in [0.15, 0.2) is 13.6 Å². The number of unbranched alkanes of at least 4 members (excludes halogenated alkanes) is 6. The number of hydrogen-bond donors (Lipinski definition) is 0. The van der Waals surface area contributed by atoms with Gasteiger partial charge in [0.15, 0.2) is 0 Å². The Balaban J connectivity index is 2.05. The zero-order valence-electron chi connectivity index (χ0n) is 14.7. The first-order valence-corrected chi connectivity index (χ1v) is 12.3. The zero-order valence-corrected chi connectivity index (χ0v) is 19.5. The van der Waals surface area contributed by atoms with Crippen molar-refractivity contribution in [2.24, 2.45) is 0 Å². The molecule has 0 aliphatic carbocycles. The summed E-state index contributed by atoms with van der Waals surface area (Å²) < 4.78 is 2.44. The molecular formula is C19H27Br2NS2. The van der Waals surface area contributed by atoms with Gasteiger partial charge in [-0.25, -0.2) is 4.98 Å². The number of hydrogen-bond acceptors (Lipinski definition) is 3. The Kier molecular flexibility index (Phi) is 9.53. The maximum absolute atomic E-state index is 4.96. The first-order chi connectivity index (χ1) is 11.7. The van der Waals surface area contributed by atoms with Crippen molar-refractivity contribution in [3.63, 3.8) is 0 Å². The van der Waals surface area contributed by atoms with Crippen molar-refractivity contribution in [3.05, 3.63) is 24.9 Å². The van der Waals surface area contributed by atoms with Gasteiger partial charge in [0.25, 0.3) is 0 Å². The highest BCUT2D eigenvalue weighted by molar-refractivity contribution is 9.11. The van der Waals surface area contributed by atoms with Gasteiger partial charge in [0.2, 0.25) is 0 Å². The van der Waals surface area contributed by atoms with Crippen LogP contribution < -0.4 is 0 Å². The number of rotatable bonds is 11. The first-order valence-electron chi connectivity index (χ1n) is 9.09. The Hall–Kier alpha value is 0.290. The minimum Gasteiger partial charge on any atom is -0.239 e. The van der Waals surface area contributed by atoms with Gasteiger partial charge in [-0.3, -0.25) is 0 Å². The SMILES string of the molecule is CCCCCCc1cc(Br)sc1-c1nc(CCCCCC)c(Br)s1. The number of halogens is 2. The molecule has 2 rings (SSSR count). The van der Waals surface area contributed by atoms with E-state index in [1.165, 1.54) is 86.5 Å². The van der Waals surface area contributed by atoms with E-state index < -0.39 is 0 Å². The molecule has 24 heavy (non-hydrogen) atoms. The first kappa shape index (κ1) is 20.6. The Morgan fingerprint density at radius 2 is 1.54 bits per heavy atom. The average Bonchev–Trinajstić information content (AvgIpc) is 3.11. The van der Waals surface area contributed by atoms with E-state index in [0.29, 0.717) is 0 Å². The summed E-state index contributed by atoms with van der Waals surface area (Å²) >= 11 is 11.0. The number of aromatic nitrogens is 1. The third-order valence-corrected chi connectivity index (χ3v) is 7.85. The largest absolute Gasteiger partial charge is 0.239 e. The van der Waals surface area contributed by atoms with E-state index in [-0.39, 0.29) is 0 Å². The topological polar surface area (TPSA) is 12.9 Å². The van der Waals surface area contributed by atoms with Gasteiger partial charge in [0, 0.05) is 0 Å². The van der Waals surface area contributed by atoms with Crippen molar-refractivity contribution in [2.75, 3.05) is 0 Å².